The van der Waals surface area contributed by atoms with E-state index in [0.29, 0.717) is 5.69 Å². The molecular weight excluding hydrogens is 252 g/mol. The van der Waals surface area contributed by atoms with Gasteiger partial charge in [-0.1, -0.05) is 30.3 Å². The second-order valence-electron chi connectivity index (χ2n) is 4.39. The van der Waals surface area contributed by atoms with Gasteiger partial charge in [0.15, 0.2) is 5.69 Å². The van der Waals surface area contributed by atoms with E-state index in [2.05, 4.69) is 10.3 Å². The lowest BCUT2D eigenvalue weighted by atomic mass is 10.1. The number of pyridine rings is 1. The number of carbonyl (C=O) groups excluding carboxylic acids is 1. The van der Waals surface area contributed by atoms with Crippen LogP contribution in [0.2, 0.25) is 0 Å². The number of hydrogen-bond acceptors (Lipinski definition) is 3. The molecule has 0 aliphatic carbocycles. The van der Waals surface area contributed by atoms with E-state index < -0.39 is 5.91 Å². The molecule has 0 unspecified atom stereocenters. The average Bonchev–Trinajstić information content (AvgIpc) is 2.47. The largest absolute Gasteiger partial charge is 0.505 e. The second kappa shape index (κ2) is 5.01. The van der Waals surface area contributed by atoms with Crippen LogP contribution in [0.15, 0.2) is 60.8 Å². The molecule has 1 heterocycles. The van der Waals surface area contributed by atoms with Crippen molar-refractivity contribution in [2.45, 2.75) is 0 Å². The standard InChI is InChI=1S/C16H12N2O2/c19-14-6-3-9-17-15(14)16(20)18-13-8-7-11-4-1-2-5-12(11)10-13/h1-10,19H,(H,18,20). The van der Waals surface area contributed by atoms with Gasteiger partial charge in [0.05, 0.1) is 0 Å². The summed E-state index contributed by atoms with van der Waals surface area (Å²) in [7, 11) is 0. The number of aromatic hydroxyl groups is 1. The highest BCUT2D eigenvalue weighted by Gasteiger charge is 2.12. The predicted molar refractivity (Wildman–Crippen MR) is 77.8 cm³/mol. The Balaban J connectivity index is 1.89. The van der Waals surface area contributed by atoms with Gasteiger partial charge in [0, 0.05) is 11.9 Å². The summed E-state index contributed by atoms with van der Waals surface area (Å²) in [5, 5.41) is 14.5. The number of fused-ring (bicyclic) bond motifs is 1. The summed E-state index contributed by atoms with van der Waals surface area (Å²) in [6.07, 6.45) is 1.47. The van der Waals surface area contributed by atoms with Crippen molar-refractivity contribution in [3.05, 3.63) is 66.5 Å². The first kappa shape index (κ1) is 12.2. The van der Waals surface area contributed by atoms with Crippen LogP contribution >= 0.6 is 0 Å². The predicted octanol–water partition coefficient (Wildman–Crippen LogP) is 3.19. The van der Waals surface area contributed by atoms with Crippen LogP contribution in [0.4, 0.5) is 5.69 Å². The van der Waals surface area contributed by atoms with Crippen molar-refractivity contribution in [3.63, 3.8) is 0 Å². The van der Waals surface area contributed by atoms with E-state index in [1.165, 1.54) is 12.3 Å². The zero-order valence-corrected chi connectivity index (χ0v) is 10.6. The van der Waals surface area contributed by atoms with Gasteiger partial charge in [-0.05, 0) is 35.0 Å². The summed E-state index contributed by atoms with van der Waals surface area (Å²) in [5.74, 6) is -0.566. The first-order valence-corrected chi connectivity index (χ1v) is 6.18. The van der Waals surface area contributed by atoms with Crippen LogP contribution in [0, 0.1) is 0 Å². The molecule has 0 spiro atoms. The van der Waals surface area contributed by atoms with Crippen molar-refractivity contribution in [1.29, 1.82) is 0 Å². The van der Waals surface area contributed by atoms with Gasteiger partial charge in [-0.2, -0.15) is 0 Å². The molecule has 0 aliphatic heterocycles. The van der Waals surface area contributed by atoms with Crippen molar-refractivity contribution in [1.82, 2.24) is 4.98 Å². The minimum Gasteiger partial charge on any atom is -0.505 e. The van der Waals surface area contributed by atoms with E-state index in [0.717, 1.165) is 10.8 Å². The Morgan fingerprint density at radius 1 is 1.00 bits per heavy atom. The third-order valence-electron chi connectivity index (χ3n) is 3.01. The van der Waals surface area contributed by atoms with Gasteiger partial charge in [0.2, 0.25) is 0 Å². The van der Waals surface area contributed by atoms with Crippen LogP contribution in [-0.4, -0.2) is 16.0 Å². The van der Waals surface area contributed by atoms with Gasteiger partial charge in [0.25, 0.3) is 5.91 Å². The molecule has 0 fully saturated rings. The summed E-state index contributed by atoms with van der Waals surface area (Å²) < 4.78 is 0. The van der Waals surface area contributed by atoms with Gasteiger partial charge in [-0.3, -0.25) is 4.79 Å². The number of amides is 1. The topological polar surface area (TPSA) is 62.2 Å². The number of nitrogens with zero attached hydrogens (tertiary/aromatic N) is 1. The average molecular weight is 264 g/mol. The second-order valence-corrected chi connectivity index (χ2v) is 4.39. The quantitative estimate of drug-likeness (QED) is 0.747. The molecular formula is C16H12N2O2. The van der Waals surface area contributed by atoms with Crippen LogP contribution < -0.4 is 5.32 Å². The summed E-state index contributed by atoms with van der Waals surface area (Å²) in [6, 6.07) is 16.5. The molecule has 0 bridgehead atoms. The summed E-state index contributed by atoms with van der Waals surface area (Å²) in [6.45, 7) is 0. The maximum Gasteiger partial charge on any atom is 0.278 e. The number of rotatable bonds is 2. The first-order valence-electron chi connectivity index (χ1n) is 6.18. The van der Waals surface area contributed by atoms with Gasteiger partial charge >= 0.3 is 0 Å². The molecule has 3 aromatic rings. The van der Waals surface area contributed by atoms with Crippen LogP contribution in [-0.2, 0) is 0 Å². The zero-order valence-electron chi connectivity index (χ0n) is 10.6. The molecule has 1 aromatic heterocycles. The fraction of sp³-hybridized carbons (Fsp3) is 0. The molecule has 3 rings (SSSR count). The number of anilines is 1. The Labute approximate surface area is 115 Å². The highest BCUT2D eigenvalue weighted by Crippen LogP contribution is 2.20. The van der Waals surface area contributed by atoms with E-state index in [1.54, 1.807) is 6.07 Å². The van der Waals surface area contributed by atoms with Gasteiger partial charge < -0.3 is 10.4 Å². The van der Waals surface area contributed by atoms with Crippen LogP contribution in [0.3, 0.4) is 0 Å². The summed E-state index contributed by atoms with van der Waals surface area (Å²) in [4.78, 5) is 15.9. The third kappa shape index (κ3) is 2.31. The Kier molecular flexibility index (Phi) is 3.05. The molecule has 1 amide bonds. The Bertz CT molecular complexity index is 784. The monoisotopic (exact) mass is 264 g/mol. The number of benzene rings is 2. The molecule has 20 heavy (non-hydrogen) atoms. The van der Waals surface area contributed by atoms with E-state index in [1.807, 2.05) is 42.5 Å². The number of hydrogen-bond donors (Lipinski definition) is 2. The molecule has 0 saturated heterocycles. The van der Waals surface area contributed by atoms with Gasteiger partial charge in [-0.15, -0.1) is 0 Å². The number of aromatic nitrogens is 1. The minimum absolute atomic E-state index is 0.0145. The highest BCUT2D eigenvalue weighted by atomic mass is 16.3. The smallest absolute Gasteiger partial charge is 0.278 e. The lowest BCUT2D eigenvalue weighted by Gasteiger charge is -2.07. The van der Waals surface area contributed by atoms with E-state index >= 15 is 0 Å². The maximum atomic E-state index is 12.0. The Hall–Kier alpha value is -2.88. The zero-order chi connectivity index (χ0) is 13.9. The molecule has 0 radical (unpaired) electrons. The van der Waals surface area contributed by atoms with Gasteiger partial charge in [0.1, 0.15) is 5.75 Å². The fourth-order valence-electron chi connectivity index (χ4n) is 2.03. The molecule has 2 N–H and O–H groups in total. The Morgan fingerprint density at radius 3 is 2.60 bits per heavy atom. The van der Waals surface area contributed by atoms with E-state index in [9.17, 15) is 9.90 Å². The van der Waals surface area contributed by atoms with Gasteiger partial charge in [-0.25, -0.2) is 4.98 Å². The number of carbonyl (C=O) groups is 1. The van der Waals surface area contributed by atoms with E-state index in [-0.39, 0.29) is 11.4 Å². The maximum absolute atomic E-state index is 12.0. The van der Waals surface area contributed by atoms with Crippen molar-refractivity contribution < 1.29 is 9.90 Å². The van der Waals surface area contributed by atoms with Crippen LogP contribution in [0.25, 0.3) is 10.8 Å². The number of nitrogens with one attached hydrogen (secondary N) is 1. The molecule has 0 aliphatic rings. The lowest BCUT2D eigenvalue weighted by Crippen LogP contribution is -2.13. The molecule has 4 heteroatoms. The normalized spacial score (nSPS) is 10.4. The highest BCUT2D eigenvalue weighted by molar-refractivity contribution is 6.05. The Morgan fingerprint density at radius 2 is 1.80 bits per heavy atom. The van der Waals surface area contributed by atoms with Crippen LogP contribution in [0.1, 0.15) is 10.5 Å². The molecule has 4 nitrogen and oxygen atoms in total. The lowest BCUT2D eigenvalue weighted by molar-refractivity contribution is 0.101. The summed E-state index contributed by atoms with van der Waals surface area (Å²) in [5.41, 5.74) is 0.680. The van der Waals surface area contributed by atoms with Crippen molar-refractivity contribution in [2.75, 3.05) is 5.32 Å². The SMILES string of the molecule is O=C(Nc1ccc2ccccc2c1)c1ncccc1O. The minimum atomic E-state index is -0.432. The third-order valence-corrected chi connectivity index (χ3v) is 3.01. The van der Waals surface area contributed by atoms with Crippen LogP contribution in [0.5, 0.6) is 5.75 Å². The van der Waals surface area contributed by atoms with Crippen molar-refractivity contribution in [2.24, 2.45) is 0 Å². The summed E-state index contributed by atoms with van der Waals surface area (Å²) >= 11 is 0. The molecule has 0 saturated carbocycles. The first-order chi connectivity index (χ1) is 9.74. The molecule has 2 aromatic carbocycles. The van der Waals surface area contributed by atoms with E-state index in [4.69, 9.17) is 0 Å². The molecule has 98 valence electrons. The fourth-order valence-corrected chi connectivity index (χ4v) is 2.03. The van der Waals surface area contributed by atoms with Crippen molar-refractivity contribution in [3.8, 4) is 5.75 Å². The molecule has 0 atom stereocenters. The van der Waals surface area contributed by atoms with Crippen molar-refractivity contribution >= 4 is 22.4 Å².